The molecule has 19 heavy (non-hydrogen) atoms. The molecule has 0 radical (unpaired) electrons. The SMILES string of the molecule is CCCN1CCN(C(=O)c2ccc(F)cc2F)CC1. The highest BCUT2D eigenvalue weighted by atomic mass is 19.1. The predicted octanol–water partition coefficient (Wildman–Crippen LogP) is 2.13. The number of halogens is 2. The number of piperazine rings is 1. The Morgan fingerprint density at radius 1 is 1.21 bits per heavy atom. The van der Waals surface area contributed by atoms with E-state index >= 15 is 0 Å². The predicted molar refractivity (Wildman–Crippen MR) is 69.0 cm³/mol. The Kier molecular flexibility index (Phi) is 4.47. The molecular weight excluding hydrogens is 250 g/mol. The molecule has 0 saturated carbocycles. The average molecular weight is 268 g/mol. The molecule has 1 aliphatic heterocycles. The van der Waals surface area contributed by atoms with Crippen molar-refractivity contribution in [3.8, 4) is 0 Å². The van der Waals surface area contributed by atoms with Crippen LogP contribution in [0.4, 0.5) is 8.78 Å². The van der Waals surface area contributed by atoms with Crippen molar-refractivity contribution in [2.45, 2.75) is 13.3 Å². The van der Waals surface area contributed by atoms with Gasteiger partial charge in [-0.25, -0.2) is 8.78 Å². The van der Waals surface area contributed by atoms with Crippen LogP contribution in [0.15, 0.2) is 18.2 Å². The minimum absolute atomic E-state index is 0.0506. The summed E-state index contributed by atoms with van der Waals surface area (Å²) in [4.78, 5) is 16.1. The normalized spacial score (nSPS) is 16.7. The zero-order valence-corrected chi connectivity index (χ0v) is 11.0. The van der Waals surface area contributed by atoms with Gasteiger partial charge in [0.2, 0.25) is 0 Å². The number of hydrogen-bond acceptors (Lipinski definition) is 2. The van der Waals surface area contributed by atoms with E-state index < -0.39 is 11.6 Å². The maximum atomic E-state index is 13.6. The van der Waals surface area contributed by atoms with Crippen LogP contribution in [-0.2, 0) is 0 Å². The summed E-state index contributed by atoms with van der Waals surface area (Å²) in [5.74, 6) is -1.81. The molecule has 1 aromatic rings. The molecule has 104 valence electrons. The Morgan fingerprint density at radius 3 is 2.47 bits per heavy atom. The lowest BCUT2D eigenvalue weighted by Crippen LogP contribution is -2.48. The molecule has 1 aromatic carbocycles. The zero-order chi connectivity index (χ0) is 13.8. The molecule has 1 saturated heterocycles. The summed E-state index contributed by atoms with van der Waals surface area (Å²) in [6.45, 7) is 5.94. The minimum Gasteiger partial charge on any atom is -0.336 e. The van der Waals surface area contributed by atoms with Crippen molar-refractivity contribution in [2.24, 2.45) is 0 Å². The van der Waals surface area contributed by atoms with Gasteiger partial charge < -0.3 is 4.90 Å². The zero-order valence-electron chi connectivity index (χ0n) is 11.0. The Morgan fingerprint density at radius 2 is 1.89 bits per heavy atom. The van der Waals surface area contributed by atoms with Gasteiger partial charge in [0.25, 0.3) is 5.91 Å². The highest BCUT2D eigenvalue weighted by Crippen LogP contribution is 2.14. The number of nitrogens with zero attached hydrogens (tertiary/aromatic N) is 2. The standard InChI is InChI=1S/C14H18F2N2O/c1-2-5-17-6-8-18(9-7-17)14(19)12-4-3-11(15)10-13(12)16/h3-4,10H,2,5-9H2,1H3. The summed E-state index contributed by atoms with van der Waals surface area (Å²) >= 11 is 0. The second-order valence-corrected chi connectivity index (χ2v) is 4.76. The van der Waals surface area contributed by atoms with Crippen LogP contribution >= 0.6 is 0 Å². The van der Waals surface area contributed by atoms with E-state index in [0.717, 1.165) is 38.2 Å². The third-order valence-corrected chi connectivity index (χ3v) is 3.36. The van der Waals surface area contributed by atoms with Gasteiger partial charge in [-0.1, -0.05) is 6.92 Å². The molecule has 1 heterocycles. The molecule has 0 spiro atoms. The number of amides is 1. The Balaban J connectivity index is 2.01. The van der Waals surface area contributed by atoms with Gasteiger partial charge in [-0.3, -0.25) is 9.69 Å². The summed E-state index contributed by atoms with van der Waals surface area (Å²) in [5.41, 5.74) is -0.0506. The summed E-state index contributed by atoms with van der Waals surface area (Å²) in [6.07, 6.45) is 1.08. The third-order valence-electron chi connectivity index (χ3n) is 3.36. The molecule has 0 aromatic heterocycles. The fraction of sp³-hybridized carbons (Fsp3) is 0.500. The van der Waals surface area contributed by atoms with Crippen LogP contribution in [-0.4, -0.2) is 48.4 Å². The largest absolute Gasteiger partial charge is 0.336 e. The van der Waals surface area contributed by atoms with E-state index in [1.165, 1.54) is 6.07 Å². The molecule has 1 fully saturated rings. The average Bonchev–Trinajstić information content (AvgIpc) is 2.39. The summed E-state index contributed by atoms with van der Waals surface area (Å²) < 4.78 is 26.4. The molecule has 0 atom stereocenters. The number of rotatable bonds is 3. The van der Waals surface area contributed by atoms with Gasteiger partial charge in [0, 0.05) is 32.2 Å². The third kappa shape index (κ3) is 3.29. The second-order valence-electron chi connectivity index (χ2n) is 4.76. The first-order valence-electron chi connectivity index (χ1n) is 6.58. The number of carbonyl (C=O) groups excluding carboxylic acids is 1. The molecule has 3 nitrogen and oxygen atoms in total. The van der Waals surface area contributed by atoms with Gasteiger partial charge in [-0.05, 0) is 25.1 Å². The van der Waals surface area contributed by atoms with Gasteiger partial charge >= 0.3 is 0 Å². The van der Waals surface area contributed by atoms with Crippen molar-refractivity contribution >= 4 is 5.91 Å². The lowest BCUT2D eigenvalue weighted by Gasteiger charge is -2.34. The van der Waals surface area contributed by atoms with Crippen molar-refractivity contribution in [1.29, 1.82) is 0 Å². The summed E-state index contributed by atoms with van der Waals surface area (Å²) in [7, 11) is 0. The van der Waals surface area contributed by atoms with E-state index in [0.29, 0.717) is 13.1 Å². The number of hydrogen-bond donors (Lipinski definition) is 0. The maximum Gasteiger partial charge on any atom is 0.256 e. The van der Waals surface area contributed by atoms with Gasteiger partial charge in [-0.2, -0.15) is 0 Å². The maximum absolute atomic E-state index is 13.6. The highest BCUT2D eigenvalue weighted by Gasteiger charge is 2.23. The van der Waals surface area contributed by atoms with Crippen LogP contribution in [0.5, 0.6) is 0 Å². The van der Waals surface area contributed by atoms with E-state index in [4.69, 9.17) is 0 Å². The molecule has 0 aliphatic carbocycles. The van der Waals surface area contributed by atoms with Gasteiger partial charge in [0.15, 0.2) is 0 Å². The van der Waals surface area contributed by atoms with E-state index in [-0.39, 0.29) is 11.5 Å². The van der Waals surface area contributed by atoms with Crippen LogP contribution in [0.1, 0.15) is 23.7 Å². The summed E-state index contributed by atoms with van der Waals surface area (Å²) in [5, 5.41) is 0. The van der Waals surface area contributed by atoms with Crippen LogP contribution in [0.2, 0.25) is 0 Å². The van der Waals surface area contributed by atoms with E-state index in [1.807, 2.05) is 0 Å². The molecular formula is C14H18F2N2O. The highest BCUT2D eigenvalue weighted by molar-refractivity contribution is 5.94. The molecule has 2 rings (SSSR count). The first kappa shape index (κ1) is 13.9. The number of carbonyl (C=O) groups is 1. The van der Waals surface area contributed by atoms with E-state index in [9.17, 15) is 13.6 Å². The topological polar surface area (TPSA) is 23.6 Å². The van der Waals surface area contributed by atoms with Gasteiger partial charge in [-0.15, -0.1) is 0 Å². The molecule has 1 aliphatic rings. The first-order valence-corrected chi connectivity index (χ1v) is 6.58. The lowest BCUT2D eigenvalue weighted by molar-refractivity contribution is 0.0633. The van der Waals surface area contributed by atoms with Crippen molar-refractivity contribution < 1.29 is 13.6 Å². The van der Waals surface area contributed by atoms with Crippen molar-refractivity contribution in [3.05, 3.63) is 35.4 Å². The minimum atomic E-state index is -0.791. The lowest BCUT2D eigenvalue weighted by atomic mass is 10.1. The quantitative estimate of drug-likeness (QED) is 0.838. The van der Waals surface area contributed by atoms with Crippen molar-refractivity contribution in [2.75, 3.05) is 32.7 Å². The van der Waals surface area contributed by atoms with Gasteiger partial charge in [0.05, 0.1) is 5.56 Å². The van der Waals surface area contributed by atoms with E-state index in [2.05, 4.69) is 11.8 Å². The Hall–Kier alpha value is -1.49. The monoisotopic (exact) mass is 268 g/mol. The molecule has 0 N–H and O–H groups in total. The van der Waals surface area contributed by atoms with Crippen molar-refractivity contribution in [1.82, 2.24) is 9.80 Å². The molecule has 5 heteroatoms. The van der Waals surface area contributed by atoms with Crippen LogP contribution in [0.25, 0.3) is 0 Å². The molecule has 1 amide bonds. The van der Waals surface area contributed by atoms with Crippen LogP contribution < -0.4 is 0 Å². The van der Waals surface area contributed by atoms with Gasteiger partial charge in [0.1, 0.15) is 11.6 Å². The molecule has 0 bridgehead atoms. The first-order chi connectivity index (χ1) is 9.11. The van der Waals surface area contributed by atoms with Crippen LogP contribution in [0, 0.1) is 11.6 Å². The van der Waals surface area contributed by atoms with Crippen molar-refractivity contribution in [3.63, 3.8) is 0 Å². The fourth-order valence-corrected chi connectivity index (χ4v) is 2.32. The van der Waals surface area contributed by atoms with E-state index in [1.54, 1.807) is 4.90 Å². The van der Waals surface area contributed by atoms with Crippen LogP contribution in [0.3, 0.4) is 0 Å². The number of benzene rings is 1. The Bertz CT molecular complexity index is 457. The molecule has 0 unspecified atom stereocenters. The Labute approximate surface area is 111 Å². The smallest absolute Gasteiger partial charge is 0.256 e. The second kappa shape index (κ2) is 6.10. The fourth-order valence-electron chi connectivity index (χ4n) is 2.32. The summed E-state index contributed by atoms with van der Waals surface area (Å²) in [6, 6.07) is 3.08.